The summed E-state index contributed by atoms with van der Waals surface area (Å²) in [6.07, 6.45) is 0. The summed E-state index contributed by atoms with van der Waals surface area (Å²) in [6, 6.07) is 7.66. The van der Waals surface area contributed by atoms with E-state index in [1.807, 2.05) is 24.3 Å². The third-order valence-electron chi connectivity index (χ3n) is 2.22. The first kappa shape index (κ1) is 14.4. The van der Waals surface area contributed by atoms with Crippen LogP contribution in [-0.2, 0) is 10.5 Å². The molecule has 0 aliphatic heterocycles. The van der Waals surface area contributed by atoms with Crippen molar-refractivity contribution in [2.45, 2.75) is 17.6 Å². The number of hydrogen-bond acceptors (Lipinski definition) is 5. The summed E-state index contributed by atoms with van der Waals surface area (Å²) in [7, 11) is 0. The molecule has 0 amide bonds. The van der Waals surface area contributed by atoms with Crippen molar-refractivity contribution in [1.29, 1.82) is 0 Å². The average Bonchev–Trinajstić information content (AvgIpc) is 2.87. The minimum Gasteiger partial charge on any atom is -0.461 e. The fourth-order valence-electron chi connectivity index (χ4n) is 1.38. The number of carbonyl (C=O) groups excluding carboxylic acids is 1. The topological polar surface area (TPSA) is 39.2 Å². The lowest BCUT2D eigenvalue weighted by Gasteiger charge is -2.01. The first-order valence-corrected chi connectivity index (χ1v) is 7.94. The van der Waals surface area contributed by atoms with Gasteiger partial charge in [0.25, 0.3) is 0 Å². The third kappa shape index (κ3) is 3.96. The Kier molecular flexibility index (Phi) is 5.24. The summed E-state index contributed by atoms with van der Waals surface area (Å²) in [6.45, 7) is 2.14. The fourth-order valence-corrected chi connectivity index (χ4v) is 3.40. The standard InChI is InChI=1S/C13H12ClNO2S2/c1-2-17-13(16)10-7-19-12(15-10)8-18-11-6-4-3-5-9(11)14/h3-7H,2,8H2,1H3. The lowest BCUT2D eigenvalue weighted by Crippen LogP contribution is -2.04. The van der Waals surface area contributed by atoms with Gasteiger partial charge in [0.05, 0.1) is 17.4 Å². The lowest BCUT2D eigenvalue weighted by atomic mass is 10.4. The Morgan fingerprint density at radius 2 is 2.26 bits per heavy atom. The van der Waals surface area contributed by atoms with Crippen LogP contribution in [-0.4, -0.2) is 17.6 Å². The number of thioether (sulfide) groups is 1. The molecule has 0 atom stereocenters. The highest BCUT2D eigenvalue weighted by atomic mass is 35.5. The summed E-state index contributed by atoms with van der Waals surface area (Å²) < 4.78 is 4.90. The summed E-state index contributed by atoms with van der Waals surface area (Å²) in [5.74, 6) is 0.320. The van der Waals surface area contributed by atoms with Crippen LogP contribution in [0.5, 0.6) is 0 Å². The van der Waals surface area contributed by atoms with Crippen LogP contribution in [0.4, 0.5) is 0 Å². The van der Waals surface area contributed by atoms with Crippen LogP contribution in [0.1, 0.15) is 22.4 Å². The molecule has 0 unspecified atom stereocenters. The molecule has 1 aromatic heterocycles. The summed E-state index contributed by atoms with van der Waals surface area (Å²) in [5, 5.41) is 3.34. The highest BCUT2D eigenvalue weighted by molar-refractivity contribution is 7.98. The van der Waals surface area contributed by atoms with E-state index in [0.717, 1.165) is 14.9 Å². The van der Waals surface area contributed by atoms with Crippen LogP contribution in [0.3, 0.4) is 0 Å². The zero-order valence-electron chi connectivity index (χ0n) is 10.3. The van der Waals surface area contributed by atoms with Gasteiger partial charge >= 0.3 is 5.97 Å². The van der Waals surface area contributed by atoms with Crippen molar-refractivity contribution in [3.8, 4) is 0 Å². The zero-order valence-corrected chi connectivity index (χ0v) is 12.6. The van der Waals surface area contributed by atoms with Crippen LogP contribution >= 0.6 is 34.7 Å². The number of aromatic nitrogens is 1. The molecule has 0 fully saturated rings. The van der Waals surface area contributed by atoms with Gasteiger partial charge in [-0.2, -0.15) is 0 Å². The van der Waals surface area contributed by atoms with Gasteiger partial charge in [-0.15, -0.1) is 23.1 Å². The smallest absolute Gasteiger partial charge is 0.357 e. The second-order valence-corrected chi connectivity index (χ2v) is 5.93. The molecule has 0 spiro atoms. The van der Waals surface area contributed by atoms with E-state index in [-0.39, 0.29) is 5.97 Å². The van der Waals surface area contributed by atoms with Crippen molar-refractivity contribution in [1.82, 2.24) is 4.98 Å². The SMILES string of the molecule is CCOC(=O)c1csc(CSc2ccccc2Cl)n1. The maximum atomic E-state index is 11.5. The van der Waals surface area contributed by atoms with Crippen LogP contribution in [0, 0.1) is 0 Å². The summed E-state index contributed by atoms with van der Waals surface area (Å²) in [5.41, 5.74) is 0.376. The molecular weight excluding hydrogens is 302 g/mol. The van der Waals surface area contributed by atoms with E-state index in [1.165, 1.54) is 11.3 Å². The van der Waals surface area contributed by atoms with Gasteiger partial charge < -0.3 is 4.74 Å². The molecule has 19 heavy (non-hydrogen) atoms. The first-order valence-electron chi connectivity index (χ1n) is 5.69. The molecule has 1 heterocycles. The van der Waals surface area contributed by atoms with Gasteiger partial charge in [-0.3, -0.25) is 0 Å². The molecule has 0 saturated carbocycles. The Labute approximate surface area is 125 Å². The highest BCUT2D eigenvalue weighted by Crippen LogP contribution is 2.30. The van der Waals surface area contributed by atoms with E-state index in [4.69, 9.17) is 16.3 Å². The van der Waals surface area contributed by atoms with E-state index in [2.05, 4.69) is 4.98 Å². The number of esters is 1. The number of benzene rings is 1. The van der Waals surface area contributed by atoms with Gasteiger partial charge in [0.1, 0.15) is 5.01 Å². The molecule has 2 aromatic rings. The second kappa shape index (κ2) is 6.93. The zero-order chi connectivity index (χ0) is 13.7. The number of carbonyl (C=O) groups is 1. The van der Waals surface area contributed by atoms with E-state index in [9.17, 15) is 4.79 Å². The van der Waals surface area contributed by atoms with E-state index in [1.54, 1.807) is 24.1 Å². The Morgan fingerprint density at radius 1 is 1.47 bits per heavy atom. The Morgan fingerprint density at radius 3 is 3.00 bits per heavy atom. The average molecular weight is 314 g/mol. The van der Waals surface area contributed by atoms with Gasteiger partial charge in [0.15, 0.2) is 5.69 Å². The van der Waals surface area contributed by atoms with E-state index >= 15 is 0 Å². The molecule has 0 radical (unpaired) electrons. The fraction of sp³-hybridized carbons (Fsp3) is 0.231. The number of thiazole rings is 1. The molecule has 0 N–H and O–H groups in total. The largest absolute Gasteiger partial charge is 0.461 e. The van der Waals surface area contributed by atoms with Crippen LogP contribution in [0.15, 0.2) is 34.5 Å². The molecule has 0 bridgehead atoms. The molecule has 0 saturated heterocycles. The van der Waals surface area contributed by atoms with Crippen molar-refractivity contribution in [3.05, 3.63) is 45.4 Å². The van der Waals surface area contributed by atoms with Crippen molar-refractivity contribution >= 4 is 40.7 Å². The quantitative estimate of drug-likeness (QED) is 0.610. The lowest BCUT2D eigenvalue weighted by molar-refractivity contribution is 0.0520. The maximum absolute atomic E-state index is 11.5. The van der Waals surface area contributed by atoms with Crippen molar-refractivity contribution in [2.75, 3.05) is 6.61 Å². The van der Waals surface area contributed by atoms with Crippen molar-refractivity contribution in [2.24, 2.45) is 0 Å². The Balaban J connectivity index is 1.97. The number of hydrogen-bond donors (Lipinski definition) is 0. The number of rotatable bonds is 5. The molecular formula is C13H12ClNO2S2. The van der Waals surface area contributed by atoms with Crippen LogP contribution in [0.2, 0.25) is 5.02 Å². The molecule has 6 heteroatoms. The minimum absolute atomic E-state index is 0.361. The Bertz CT molecular complexity index is 571. The van der Waals surface area contributed by atoms with Gasteiger partial charge in [0, 0.05) is 10.3 Å². The maximum Gasteiger partial charge on any atom is 0.357 e. The van der Waals surface area contributed by atoms with Gasteiger partial charge in [0.2, 0.25) is 0 Å². The van der Waals surface area contributed by atoms with E-state index < -0.39 is 0 Å². The summed E-state index contributed by atoms with van der Waals surface area (Å²) in [4.78, 5) is 16.7. The second-order valence-electron chi connectivity index (χ2n) is 3.57. The predicted octanol–water partition coefficient (Wildman–Crippen LogP) is 4.27. The Hall–Kier alpha value is -1.04. The van der Waals surface area contributed by atoms with Crippen LogP contribution < -0.4 is 0 Å². The van der Waals surface area contributed by atoms with E-state index in [0.29, 0.717) is 18.1 Å². The van der Waals surface area contributed by atoms with Crippen LogP contribution in [0.25, 0.3) is 0 Å². The molecule has 1 aromatic carbocycles. The van der Waals surface area contributed by atoms with Gasteiger partial charge in [-0.05, 0) is 19.1 Å². The van der Waals surface area contributed by atoms with Gasteiger partial charge in [-0.1, -0.05) is 23.7 Å². The summed E-state index contributed by atoms with van der Waals surface area (Å²) >= 11 is 9.13. The number of nitrogens with zero attached hydrogens (tertiary/aromatic N) is 1. The predicted molar refractivity (Wildman–Crippen MR) is 79.1 cm³/mol. The molecule has 3 nitrogen and oxygen atoms in total. The number of ether oxygens (including phenoxy) is 1. The highest BCUT2D eigenvalue weighted by Gasteiger charge is 2.11. The first-order chi connectivity index (χ1) is 9.20. The van der Waals surface area contributed by atoms with Crippen molar-refractivity contribution < 1.29 is 9.53 Å². The monoisotopic (exact) mass is 313 g/mol. The molecule has 0 aliphatic rings. The molecule has 100 valence electrons. The third-order valence-corrected chi connectivity index (χ3v) is 4.78. The normalized spacial score (nSPS) is 10.4. The van der Waals surface area contributed by atoms with Crippen molar-refractivity contribution in [3.63, 3.8) is 0 Å². The molecule has 0 aliphatic carbocycles. The number of halogens is 1. The minimum atomic E-state index is -0.368. The molecule has 2 rings (SSSR count). The van der Waals surface area contributed by atoms with Gasteiger partial charge in [-0.25, -0.2) is 9.78 Å².